The minimum Gasteiger partial charge on any atom is -0.484 e. The molecule has 2 rings (SSSR count). The summed E-state index contributed by atoms with van der Waals surface area (Å²) in [5.74, 6) is -0.735. The summed E-state index contributed by atoms with van der Waals surface area (Å²) in [6.07, 6.45) is 1.94. The van der Waals surface area contributed by atoms with E-state index in [1.165, 1.54) is 0 Å². The number of nitrogens with zero attached hydrogens (tertiary/aromatic N) is 1. The summed E-state index contributed by atoms with van der Waals surface area (Å²) in [4.78, 5) is 36.6. The number of carbonyl (C=O) groups excluding carboxylic acids is 2. The maximum absolute atomic E-state index is 12.3. The third kappa shape index (κ3) is 6.45. The zero-order chi connectivity index (χ0) is 18.1. The van der Waals surface area contributed by atoms with Crippen molar-refractivity contribution in [3.8, 4) is 5.75 Å². The summed E-state index contributed by atoms with van der Waals surface area (Å²) in [6.45, 7) is 1.30. The molecule has 1 fully saturated rings. The maximum Gasteiger partial charge on any atom is 0.303 e. The van der Waals surface area contributed by atoms with Crippen LogP contribution in [-0.2, 0) is 14.4 Å². The number of aliphatic carboxylic acids is 1. The largest absolute Gasteiger partial charge is 0.484 e. The van der Waals surface area contributed by atoms with Crippen LogP contribution in [0.15, 0.2) is 30.3 Å². The van der Waals surface area contributed by atoms with E-state index in [0.717, 1.165) is 12.8 Å². The Morgan fingerprint density at radius 1 is 1.24 bits per heavy atom. The second kappa shape index (κ2) is 9.66. The lowest BCUT2D eigenvalue weighted by atomic mass is 9.97. The molecule has 1 aromatic rings. The van der Waals surface area contributed by atoms with Crippen molar-refractivity contribution in [3.05, 3.63) is 30.3 Å². The highest BCUT2D eigenvalue weighted by atomic mass is 16.5. The zero-order valence-electron chi connectivity index (χ0n) is 14.1. The van der Waals surface area contributed by atoms with Crippen molar-refractivity contribution in [2.75, 3.05) is 26.2 Å². The molecule has 1 saturated heterocycles. The molecule has 1 unspecified atom stereocenters. The van der Waals surface area contributed by atoms with Gasteiger partial charge in [0.15, 0.2) is 6.61 Å². The lowest BCUT2D eigenvalue weighted by Gasteiger charge is -2.32. The molecule has 0 aliphatic carbocycles. The Labute approximate surface area is 147 Å². The van der Waals surface area contributed by atoms with Gasteiger partial charge in [0.05, 0.1) is 5.92 Å². The Balaban J connectivity index is 1.74. The maximum atomic E-state index is 12.3. The second-order valence-electron chi connectivity index (χ2n) is 6.07. The number of rotatable bonds is 8. The van der Waals surface area contributed by atoms with E-state index in [2.05, 4.69) is 5.32 Å². The molecule has 0 aromatic heterocycles. The number of hydrogen-bond donors (Lipinski definition) is 2. The molecule has 0 spiro atoms. The van der Waals surface area contributed by atoms with Crippen LogP contribution < -0.4 is 10.1 Å². The molecule has 7 heteroatoms. The normalized spacial score (nSPS) is 17.0. The molecule has 7 nitrogen and oxygen atoms in total. The molecule has 0 radical (unpaired) electrons. The summed E-state index contributed by atoms with van der Waals surface area (Å²) in [7, 11) is 0. The van der Waals surface area contributed by atoms with E-state index in [1.807, 2.05) is 18.2 Å². The van der Waals surface area contributed by atoms with Gasteiger partial charge >= 0.3 is 5.97 Å². The summed E-state index contributed by atoms with van der Waals surface area (Å²) >= 11 is 0. The number of likely N-dealkylation sites (tertiary alicyclic amines) is 1. The first-order valence-corrected chi connectivity index (χ1v) is 8.51. The Kier molecular flexibility index (Phi) is 7.25. The Bertz CT molecular complexity index is 590. The van der Waals surface area contributed by atoms with Crippen molar-refractivity contribution in [2.24, 2.45) is 5.92 Å². The van der Waals surface area contributed by atoms with Crippen LogP contribution in [0.4, 0.5) is 0 Å². The van der Waals surface area contributed by atoms with Crippen molar-refractivity contribution in [1.82, 2.24) is 10.2 Å². The summed E-state index contributed by atoms with van der Waals surface area (Å²) < 4.78 is 5.47. The Morgan fingerprint density at radius 2 is 2.00 bits per heavy atom. The van der Waals surface area contributed by atoms with Crippen molar-refractivity contribution in [1.29, 1.82) is 0 Å². The van der Waals surface area contributed by atoms with E-state index in [-0.39, 0.29) is 30.8 Å². The fourth-order valence-electron chi connectivity index (χ4n) is 2.77. The molecule has 2 amide bonds. The molecule has 25 heavy (non-hydrogen) atoms. The fraction of sp³-hybridized carbons (Fsp3) is 0.500. The first-order valence-electron chi connectivity index (χ1n) is 8.51. The summed E-state index contributed by atoms with van der Waals surface area (Å²) in [6, 6.07) is 9.13. The minimum absolute atomic E-state index is 0.0341. The SMILES string of the molecule is O=C(O)CCCNC(=O)C1CCCN(C(=O)COc2ccccc2)C1. The average Bonchev–Trinajstić information content (AvgIpc) is 2.64. The predicted octanol–water partition coefficient (Wildman–Crippen LogP) is 1.29. The van der Waals surface area contributed by atoms with E-state index in [9.17, 15) is 14.4 Å². The van der Waals surface area contributed by atoms with Gasteiger partial charge in [-0.25, -0.2) is 0 Å². The third-order valence-electron chi connectivity index (χ3n) is 4.12. The quantitative estimate of drug-likeness (QED) is 0.690. The lowest BCUT2D eigenvalue weighted by molar-refractivity contribution is -0.139. The van der Waals surface area contributed by atoms with Crippen LogP contribution in [0.3, 0.4) is 0 Å². The molecule has 0 saturated carbocycles. The van der Waals surface area contributed by atoms with E-state index < -0.39 is 5.97 Å². The van der Waals surface area contributed by atoms with E-state index in [0.29, 0.717) is 31.8 Å². The average molecular weight is 348 g/mol. The number of para-hydroxylation sites is 1. The lowest BCUT2D eigenvalue weighted by Crippen LogP contribution is -2.47. The van der Waals surface area contributed by atoms with Gasteiger partial charge in [-0.2, -0.15) is 0 Å². The molecule has 1 aromatic carbocycles. The molecule has 136 valence electrons. The topological polar surface area (TPSA) is 95.9 Å². The predicted molar refractivity (Wildman–Crippen MR) is 91.1 cm³/mol. The molecular weight excluding hydrogens is 324 g/mol. The fourth-order valence-corrected chi connectivity index (χ4v) is 2.77. The van der Waals surface area contributed by atoms with Gasteiger partial charge in [0.2, 0.25) is 5.91 Å². The number of carbonyl (C=O) groups is 3. The number of amides is 2. The highest BCUT2D eigenvalue weighted by molar-refractivity contribution is 5.82. The van der Waals surface area contributed by atoms with Crippen LogP contribution in [-0.4, -0.2) is 54.0 Å². The van der Waals surface area contributed by atoms with Gasteiger partial charge in [0.25, 0.3) is 5.91 Å². The number of piperidine rings is 1. The van der Waals surface area contributed by atoms with Crippen LogP contribution in [0.25, 0.3) is 0 Å². The van der Waals surface area contributed by atoms with Gasteiger partial charge < -0.3 is 20.1 Å². The van der Waals surface area contributed by atoms with E-state index in [1.54, 1.807) is 17.0 Å². The second-order valence-corrected chi connectivity index (χ2v) is 6.07. The molecule has 1 aliphatic rings. The molecule has 2 N–H and O–H groups in total. The molecule has 1 heterocycles. The standard InChI is InChI=1S/C18H24N2O5/c21-16(13-25-15-7-2-1-3-8-15)20-11-5-6-14(12-20)18(24)19-10-4-9-17(22)23/h1-3,7-8,14H,4-6,9-13H2,(H,19,24)(H,22,23). The van der Waals surface area contributed by atoms with Crippen molar-refractivity contribution >= 4 is 17.8 Å². The number of carboxylic acids is 1. The number of nitrogens with one attached hydrogen (secondary N) is 1. The van der Waals surface area contributed by atoms with Gasteiger partial charge in [-0.1, -0.05) is 18.2 Å². The van der Waals surface area contributed by atoms with Crippen LogP contribution in [0.5, 0.6) is 5.75 Å². The number of hydrogen-bond acceptors (Lipinski definition) is 4. The first-order chi connectivity index (χ1) is 12.1. The highest BCUT2D eigenvalue weighted by Gasteiger charge is 2.28. The van der Waals surface area contributed by atoms with Gasteiger partial charge in [-0.3, -0.25) is 14.4 Å². The monoisotopic (exact) mass is 348 g/mol. The molecule has 1 atom stereocenters. The zero-order valence-corrected chi connectivity index (χ0v) is 14.1. The van der Waals surface area contributed by atoms with Gasteiger partial charge in [0, 0.05) is 26.1 Å². The minimum atomic E-state index is -0.873. The summed E-state index contributed by atoms with van der Waals surface area (Å²) in [5, 5.41) is 11.3. The molecule has 1 aliphatic heterocycles. The Hall–Kier alpha value is -2.57. The smallest absolute Gasteiger partial charge is 0.303 e. The van der Waals surface area contributed by atoms with Crippen LogP contribution >= 0.6 is 0 Å². The molecule has 0 bridgehead atoms. The number of benzene rings is 1. The highest BCUT2D eigenvalue weighted by Crippen LogP contribution is 2.17. The van der Waals surface area contributed by atoms with Gasteiger partial charge in [-0.15, -0.1) is 0 Å². The van der Waals surface area contributed by atoms with Crippen LogP contribution in [0.2, 0.25) is 0 Å². The summed E-state index contributed by atoms with van der Waals surface area (Å²) in [5.41, 5.74) is 0. The van der Waals surface area contributed by atoms with E-state index in [4.69, 9.17) is 9.84 Å². The first kappa shape index (κ1) is 18.8. The van der Waals surface area contributed by atoms with Gasteiger partial charge in [-0.05, 0) is 31.4 Å². The van der Waals surface area contributed by atoms with Crippen LogP contribution in [0.1, 0.15) is 25.7 Å². The van der Waals surface area contributed by atoms with Crippen LogP contribution in [0, 0.1) is 5.92 Å². The van der Waals surface area contributed by atoms with Crippen molar-refractivity contribution < 1.29 is 24.2 Å². The molecular formula is C18H24N2O5. The number of carboxylic acid groups (broad SMARTS) is 1. The Morgan fingerprint density at radius 3 is 2.72 bits per heavy atom. The van der Waals surface area contributed by atoms with E-state index >= 15 is 0 Å². The number of ether oxygens (including phenoxy) is 1. The van der Waals surface area contributed by atoms with Crippen molar-refractivity contribution in [2.45, 2.75) is 25.7 Å². The van der Waals surface area contributed by atoms with Crippen molar-refractivity contribution in [3.63, 3.8) is 0 Å². The third-order valence-corrected chi connectivity index (χ3v) is 4.12. The van der Waals surface area contributed by atoms with Gasteiger partial charge in [0.1, 0.15) is 5.75 Å².